The Bertz CT molecular complexity index is 1240. The highest BCUT2D eigenvalue weighted by Crippen LogP contribution is 2.41. The van der Waals surface area contributed by atoms with Crippen LogP contribution >= 0.6 is 0 Å². The van der Waals surface area contributed by atoms with Crippen molar-refractivity contribution in [1.82, 2.24) is 24.8 Å². The molecular formula is C23H20F4N6O. The van der Waals surface area contributed by atoms with Crippen LogP contribution in [0, 0.1) is 12.7 Å². The number of aryl methyl sites for hydroxylation is 1. The van der Waals surface area contributed by atoms with E-state index in [0.717, 1.165) is 12.0 Å². The Morgan fingerprint density at radius 1 is 1.09 bits per heavy atom. The molecular weight excluding hydrogens is 452 g/mol. The van der Waals surface area contributed by atoms with Gasteiger partial charge in [-0.2, -0.15) is 13.2 Å². The zero-order valence-corrected chi connectivity index (χ0v) is 18.1. The summed E-state index contributed by atoms with van der Waals surface area (Å²) in [4.78, 5) is 31.9. The Morgan fingerprint density at radius 2 is 1.85 bits per heavy atom. The van der Waals surface area contributed by atoms with E-state index in [4.69, 9.17) is 0 Å². The van der Waals surface area contributed by atoms with Crippen LogP contribution in [0.3, 0.4) is 0 Å². The number of alkyl halides is 3. The molecule has 2 saturated heterocycles. The maximum Gasteiger partial charge on any atom is 0.417 e. The maximum atomic E-state index is 14.4. The molecule has 0 aromatic carbocycles. The van der Waals surface area contributed by atoms with Gasteiger partial charge in [-0.15, -0.1) is 0 Å². The molecule has 3 aromatic heterocycles. The molecule has 0 radical (unpaired) electrons. The fourth-order valence-corrected chi connectivity index (χ4v) is 4.81. The van der Waals surface area contributed by atoms with E-state index in [9.17, 15) is 22.4 Å². The highest BCUT2D eigenvalue weighted by atomic mass is 19.4. The van der Waals surface area contributed by atoms with Gasteiger partial charge in [-0.05, 0) is 49.9 Å². The lowest BCUT2D eigenvalue weighted by Gasteiger charge is -2.26. The molecule has 0 aliphatic carbocycles. The summed E-state index contributed by atoms with van der Waals surface area (Å²) in [6, 6.07) is 3.16. The number of anilines is 1. The third-order valence-corrected chi connectivity index (χ3v) is 6.29. The van der Waals surface area contributed by atoms with Crippen molar-refractivity contribution in [2.75, 3.05) is 5.32 Å². The summed E-state index contributed by atoms with van der Waals surface area (Å²) >= 11 is 0. The average Bonchev–Trinajstić information content (AvgIpc) is 3.37. The predicted molar refractivity (Wildman–Crippen MR) is 114 cm³/mol. The van der Waals surface area contributed by atoms with Gasteiger partial charge >= 0.3 is 6.18 Å². The maximum absolute atomic E-state index is 14.4. The number of carbonyl (C=O) groups is 1. The second kappa shape index (κ2) is 8.30. The molecule has 1 amide bonds. The average molecular weight is 472 g/mol. The Hall–Kier alpha value is -3.63. The third kappa shape index (κ3) is 3.95. The molecule has 3 atom stereocenters. The molecule has 0 spiro atoms. The van der Waals surface area contributed by atoms with Crippen molar-refractivity contribution in [1.29, 1.82) is 0 Å². The van der Waals surface area contributed by atoms with Gasteiger partial charge in [0.15, 0.2) is 17.5 Å². The lowest BCUT2D eigenvalue weighted by molar-refractivity contribution is -0.138. The molecule has 1 N–H and O–H groups in total. The van der Waals surface area contributed by atoms with Crippen molar-refractivity contribution in [3.05, 3.63) is 65.5 Å². The molecule has 34 heavy (non-hydrogen) atoms. The molecule has 11 heteroatoms. The number of pyridine rings is 2. The van der Waals surface area contributed by atoms with Gasteiger partial charge < -0.3 is 10.2 Å². The summed E-state index contributed by atoms with van der Waals surface area (Å²) < 4.78 is 52.8. The number of hydrogen-bond donors (Lipinski definition) is 1. The number of amides is 1. The van der Waals surface area contributed by atoms with Gasteiger partial charge in [-0.3, -0.25) is 9.78 Å². The van der Waals surface area contributed by atoms with Crippen molar-refractivity contribution in [3.63, 3.8) is 0 Å². The van der Waals surface area contributed by atoms with E-state index in [0.29, 0.717) is 42.2 Å². The zero-order valence-electron chi connectivity index (χ0n) is 18.1. The third-order valence-electron chi connectivity index (χ3n) is 6.29. The van der Waals surface area contributed by atoms with E-state index in [2.05, 4.69) is 25.3 Å². The topological polar surface area (TPSA) is 83.9 Å². The van der Waals surface area contributed by atoms with Gasteiger partial charge in [0, 0.05) is 30.8 Å². The number of fused-ring (bicyclic) bond motifs is 2. The van der Waals surface area contributed by atoms with E-state index < -0.39 is 17.6 Å². The quantitative estimate of drug-likeness (QED) is 0.572. The summed E-state index contributed by atoms with van der Waals surface area (Å²) in [6.07, 6.45) is 2.72. The lowest BCUT2D eigenvalue weighted by atomic mass is 9.95. The van der Waals surface area contributed by atoms with Crippen LogP contribution in [-0.2, 0) is 6.18 Å². The smallest absolute Gasteiger partial charge is 0.363 e. The number of halogens is 4. The molecule has 7 nitrogen and oxygen atoms in total. The Balaban J connectivity index is 1.40. The van der Waals surface area contributed by atoms with E-state index in [1.54, 1.807) is 35.6 Å². The van der Waals surface area contributed by atoms with Crippen LogP contribution in [0.25, 0.3) is 11.5 Å². The molecule has 2 bridgehead atoms. The van der Waals surface area contributed by atoms with Gasteiger partial charge in [-0.1, -0.05) is 0 Å². The summed E-state index contributed by atoms with van der Waals surface area (Å²) in [6.45, 7) is 1.83. The van der Waals surface area contributed by atoms with Crippen LogP contribution in [0.2, 0.25) is 0 Å². The number of hydrogen-bond acceptors (Lipinski definition) is 6. The van der Waals surface area contributed by atoms with Crippen LogP contribution in [0.5, 0.6) is 0 Å². The first-order valence-corrected chi connectivity index (χ1v) is 10.8. The van der Waals surface area contributed by atoms with Crippen molar-refractivity contribution < 1.29 is 22.4 Å². The van der Waals surface area contributed by atoms with E-state index in [1.165, 1.54) is 0 Å². The second-order valence-corrected chi connectivity index (χ2v) is 8.53. The van der Waals surface area contributed by atoms with E-state index >= 15 is 0 Å². The van der Waals surface area contributed by atoms with Crippen molar-refractivity contribution >= 4 is 11.7 Å². The SMILES string of the molecule is Cc1cnc(-c2ncccn2)c(C(=O)N2C3CCC2C(Nc2ncc(C(F)(F)F)cc2F)C3)c1. The first-order chi connectivity index (χ1) is 16.2. The van der Waals surface area contributed by atoms with Crippen LogP contribution in [0.15, 0.2) is 43.0 Å². The molecule has 0 saturated carbocycles. The molecule has 2 aliphatic heterocycles. The molecule has 5 rings (SSSR count). The Morgan fingerprint density at radius 3 is 2.56 bits per heavy atom. The van der Waals surface area contributed by atoms with Gasteiger partial charge in [0.2, 0.25) is 0 Å². The highest BCUT2D eigenvalue weighted by molar-refractivity contribution is 6.00. The minimum absolute atomic E-state index is 0.0856. The van der Waals surface area contributed by atoms with Crippen LogP contribution in [0.4, 0.5) is 23.4 Å². The standard InChI is InChI=1S/C23H20F4N6O/c1-12-7-15(19(30-10-12)21-28-5-2-6-29-21)22(34)33-14-3-4-18(33)17(9-14)32-20-16(24)8-13(11-31-20)23(25,26)27/h2,5-8,10-11,14,17-18H,3-4,9H2,1H3,(H,31,32). The number of aromatic nitrogens is 4. The second-order valence-electron chi connectivity index (χ2n) is 8.53. The molecule has 3 unspecified atom stereocenters. The summed E-state index contributed by atoms with van der Waals surface area (Å²) in [5.74, 6) is -1.23. The van der Waals surface area contributed by atoms with Crippen LogP contribution in [-0.4, -0.2) is 48.9 Å². The minimum Gasteiger partial charge on any atom is -0.363 e. The summed E-state index contributed by atoms with van der Waals surface area (Å²) in [5.41, 5.74) is 0.410. The minimum atomic E-state index is -4.68. The summed E-state index contributed by atoms with van der Waals surface area (Å²) in [5, 5.41) is 2.93. The number of nitrogens with one attached hydrogen (secondary N) is 1. The number of rotatable bonds is 4. The summed E-state index contributed by atoms with van der Waals surface area (Å²) in [7, 11) is 0. The van der Waals surface area contributed by atoms with Crippen LogP contribution in [0.1, 0.15) is 40.7 Å². The van der Waals surface area contributed by atoms with Crippen molar-refractivity contribution in [3.8, 4) is 11.5 Å². The highest BCUT2D eigenvalue weighted by Gasteiger charge is 2.49. The number of carbonyl (C=O) groups excluding carboxylic acids is 1. The predicted octanol–water partition coefficient (Wildman–Crippen LogP) is 4.26. The largest absolute Gasteiger partial charge is 0.417 e. The molecule has 5 heterocycles. The molecule has 3 aromatic rings. The fraction of sp³-hybridized carbons (Fsp3) is 0.348. The first-order valence-electron chi connectivity index (χ1n) is 10.8. The van der Waals surface area contributed by atoms with Gasteiger partial charge in [0.05, 0.1) is 23.2 Å². The van der Waals surface area contributed by atoms with Gasteiger partial charge in [0.25, 0.3) is 5.91 Å². The number of nitrogens with zero attached hydrogens (tertiary/aromatic N) is 5. The Kier molecular flexibility index (Phi) is 5.41. The Labute approximate surface area is 192 Å². The van der Waals surface area contributed by atoms with Gasteiger partial charge in [0.1, 0.15) is 5.69 Å². The molecule has 2 aliphatic rings. The monoisotopic (exact) mass is 472 g/mol. The van der Waals surface area contributed by atoms with E-state index in [-0.39, 0.29) is 29.9 Å². The van der Waals surface area contributed by atoms with E-state index in [1.807, 2.05) is 6.92 Å². The fourth-order valence-electron chi connectivity index (χ4n) is 4.81. The van der Waals surface area contributed by atoms with Gasteiger partial charge in [-0.25, -0.2) is 19.3 Å². The lowest BCUT2D eigenvalue weighted by Crippen LogP contribution is -2.40. The first kappa shape index (κ1) is 22.2. The molecule has 2 fully saturated rings. The van der Waals surface area contributed by atoms with Crippen LogP contribution < -0.4 is 5.32 Å². The normalized spacial score (nSPS) is 21.7. The zero-order chi connectivity index (χ0) is 24.0. The van der Waals surface area contributed by atoms with Crippen molar-refractivity contribution in [2.24, 2.45) is 0 Å². The van der Waals surface area contributed by atoms with Crippen molar-refractivity contribution in [2.45, 2.75) is 50.5 Å². The molecule has 176 valence electrons.